The monoisotopic (exact) mass is 311 g/mol. The number of piperidine rings is 1. The minimum atomic E-state index is -3.98. The van der Waals surface area contributed by atoms with Gasteiger partial charge < -0.3 is 10.2 Å². The van der Waals surface area contributed by atoms with Crippen molar-refractivity contribution in [1.82, 2.24) is 15.1 Å². The molecule has 0 atom stereocenters. The van der Waals surface area contributed by atoms with Crippen molar-refractivity contribution < 1.29 is 22.4 Å². The highest BCUT2D eigenvalue weighted by molar-refractivity contribution is 5.79. The highest BCUT2D eigenvalue weighted by atomic mass is 19.3. The summed E-state index contributed by atoms with van der Waals surface area (Å²) in [5.74, 6) is -3.92. The molecule has 2 heterocycles. The lowest BCUT2D eigenvalue weighted by Crippen LogP contribution is -2.54. The van der Waals surface area contributed by atoms with E-state index in [1.807, 2.05) is 0 Å². The Hall–Kier alpha value is -0.890. The quantitative estimate of drug-likeness (QED) is 0.788. The smallest absolute Gasteiger partial charge is 0.319 e. The molecule has 0 aromatic heterocycles. The number of halogens is 4. The third-order valence-corrected chi connectivity index (χ3v) is 4.13. The summed E-state index contributed by atoms with van der Waals surface area (Å²) in [5.41, 5.74) is 0. The van der Waals surface area contributed by atoms with Gasteiger partial charge in [-0.15, -0.1) is 0 Å². The van der Waals surface area contributed by atoms with Crippen molar-refractivity contribution in [2.24, 2.45) is 5.92 Å². The molecule has 0 bridgehead atoms. The van der Waals surface area contributed by atoms with E-state index in [1.165, 1.54) is 4.90 Å². The first-order valence-corrected chi connectivity index (χ1v) is 7.28. The van der Waals surface area contributed by atoms with Crippen LogP contribution in [0.4, 0.5) is 17.6 Å². The number of hydrogen-bond acceptors (Lipinski definition) is 3. The highest BCUT2D eigenvalue weighted by Gasteiger charge is 2.43. The normalized spacial score (nSPS) is 22.8. The Bertz CT molecular complexity index is 353. The fourth-order valence-electron chi connectivity index (χ4n) is 2.82. The lowest BCUT2D eigenvalue weighted by molar-refractivity contribution is -0.149. The van der Waals surface area contributed by atoms with E-state index in [9.17, 15) is 22.4 Å². The van der Waals surface area contributed by atoms with Gasteiger partial charge in [-0.2, -0.15) is 8.78 Å². The molecule has 1 amide bonds. The van der Waals surface area contributed by atoms with Crippen LogP contribution < -0.4 is 5.32 Å². The van der Waals surface area contributed by atoms with Crippen LogP contribution in [0.25, 0.3) is 0 Å². The van der Waals surface area contributed by atoms with Crippen LogP contribution in [-0.4, -0.2) is 73.9 Å². The molecule has 2 aliphatic rings. The van der Waals surface area contributed by atoms with E-state index in [0.29, 0.717) is 13.1 Å². The molecule has 21 heavy (non-hydrogen) atoms. The van der Waals surface area contributed by atoms with E-state index < -0.39 is 18.9 Å². The molecule has 2 fully saturated rings. The summed E-state index contributed by atoms with van der Waals surface area (Å²) in [7, 11) is 0. The Kier molecular flexibility index (Phi) is 5.43. The van der Waals surface area contributed by atoms with Gasteiger partial charge >= 0.3 is 12.3 Å². The van der Waals surface area contributed by atoms with Gasteiger partial charge in [-0.25, -0.2) is 8.78 Å². The number of alkyl halides is 4. The minimum Gasteiger partial charge on any atom is -0.340 e. The third-order valence-electron chi connectivity index (χ3n) is 4.13. The van der Waals surface area contributed by atoms with Crippen molar-refractivity contribution in [3.8, 4) is 0 Å². The zero-order valence-electron chi connectivity index (χ0n) is 11.8. The zero-order chi connectivity index (χ0) is 15.5. The SMILES string of the molecule is O=C(C1CCNCC1)N1CCN(CC(F)(F)C(F)F)CC1. The van der Waals surface area contributed by atoms with E-state index in [2.05, 4.69) is 5.32 Å². The number of piperazine rings is 1. The van der Waals surface area contributed by atoms with Gasteiger partial charge in [-0.3, -0.25) is 9.69 Å². The van der Waals surface area contributed by atoms with E-state index in [-0.39, 0.29) is 24.9 Å². The lowest BCUT2D eigenvalue weighted by Gasteiger charge is -2.38. The predicted molar refractivity (Wildman–Crippen MR) is 69.6 cm³/mol. The first kappa shape index (κ1) is 16.5. The standard InChI is InChI=1S/C13H21F4N3O/c14-12(15)13(16,17)9-19-5-7-20(8-6-19)11(21)10-1-3-18-4-2-10/h10,12,18H,1-9H2. The Balaban J connectivity index is 1.78. The van der Waals surface area contributed by atoms with Crippen LogP contribution in [-0.2, 0) is 4.79 Å². The molecule has 0 aromatic carbocycles. The molecule has 0 radical (unpaired) electrons. The summed E-state index contributed by atoms with van der Waals surface area (Å²) in [6.07, 6.45) is -2.06. The molecule has 0 aliphatic carbocycles. The molecule has 2 saturated heterocycles. The van der Waals surface area contributed by atoms with Gasteiger partial charge in [-0.05, 0) is 25.9 Å². The predicted octanol–water partition coefficient (Wildman–Crippen LogP) is 1.03. The summed E-state index contributed by atoms with van der Waals surface area (Å²) < 4.78 is 50.3. The van der Waals surface area contributed by atoms with Gasteiger partial charge in [0.15, 0.2) is 0 Å². The molecular formula is C13H21F4N3O. The number of nitrogens with one attached hydrogen (secondary N) is 1. The molecule has 122 valence electrons. The Morgan fingerprint density at radius 1 is 1.14 bits per heavy atom. The maximum absolute atomic E-state index is 13.0. The van der Waals surface area contributed by atoms with Crippen LogP contribution in [0.2, 0.25) is 0 Å². The first-order valence-electron chi connectivity index (χ1n) is 7.28. The first-order chi connectivity index (χ1) is 9.90. The van der Waals surface area contributed by atoms with Crippen molar-refractivity contribution >= 4 is 5.91 Å². The molecule has 2 rings (SSSR count). The summed E-state index contributed by atoms with van der Waals surface area (Å²) in [6, 6.07) is 0. The molecule has 0 aromatic rings. The Morgan fingerprint density at radius 3 is 2.24 bits per heavy atom. The number of carbonyl (C=O) groups is 1. The molecule has 4 nitrogen and oxygen atoms in total. The van der Waals surface area contributed by atoms with Crippen LogP contribution in [0.15, 0.2) is 0 Å². The molecule has 1 N–H and O–H groups in total. The Labute approximate surface area is 121 Å². The van der Waals surface area contributed by atoms with Crippen molar-refractivity contribution in [1.29, 1.82) is 0 Å². The zero-order valence-corrected chi connectivity index (χ0v) is 11.8. The van der Waals surface area contributed by atoms with Gasteiger partial charge in [0.05, 0.1) is 6.54 Å². The average Bonchev–Trinajstić information content (AvgIpc) is 2.48. The largest absolute Gasteiger partial charge is 0.340 e. The molecule has 0 spiro atoms. The van der Waals surface area contributed by atoms with E-state index in [0.717, 1.165) is 25.9 Å². The van der Waals surface area contributed by atoms with Gasteiger partial charge in [0, 0.05) is 32.1 Å². The summed E-state index contributed by atoms with van der Waals surface area (Å²) >= 11 is 0. The van der Waals surface area contributed by atoms with Crippen molar-refractivity contribution in [3.05, 3.63) is 0 Å². The van der Waals surface area contributed by atoms with Crippen LogP contribution in [0.3, 0.4) is 0 Å². The maximum Gasteiger partial charge on any atom is 0.319 e. The summed E-state index contributed by atoms with van der Waals surface area (Å²) in [4.78, 5) is 15.2. The summed E-state index contributed by atoms with van der Waals surface area (Å²) in [6.45, 7) is 1.80. The molecule has 2 aliphatic heterocycles. The maximum atomic E-state index is 13.0. The highest BCUT2D eigenvalue weighted by Crippen LogP contribution is 2.25. The van der Waals surface area contributed by atoms with Crippen LogP contribution in [0.1, 0.15) is 12.8 Å². The number of hydrogen-bond donors (Lipinski definition) is 1. The molecule has 0 unspecified atom stereocenters. The van der Waals surface area contributed by atoms with Gasteiger partial charge in [0.1, 0.15) is 0 Å². The second-order valence-corrected chi connectivity index (χ2v) is 5.69. The topological polar surface area (TPSA) is 35.6 Å². The van der Waals surface area contributed by atoms with Gasteiger partial charge in [0.25, 0.3) is 0 Å². The molecular weight excluding hydrogens is 290 g/mol. The number of amides is 1. The second kappa shape index (κ2) is 6.91. The summed E-state index contributed by atoms with van der Waals surface area (Å²) in [5, 5.41) is 3.18. The van der Waals surface area contributed by atoms with Crippen LogP contribution in [0, 0.1) is 5.92 Å². The third kappa shape index (κ3) is 4.29. The number of nitrogens with zero attached hydrogens (tertiary/aromatic N) is 2. The van der Waals surface area contributed by atoms with Crippen LogP contribution >= 0.6 is 0 Å². The van der Waals surface area contributed by atoms with E-state index in [1.54, 1.807) is 4.90 Å². The number of rotatable bonds is 4. The van der Waals surface area contributed by atoms with Crippen molar-refractivity contribution in [2.75, 3.05) is 45.8 Å². The Morgan fingerprint density at radius 2 is 1.71 bits per heavy atom. The van der Waals surface area contributed by atoms with Crippen molar-refractivity contribution in [2.45, 2.75) is 25.2 Å². The molecule has 8 heteroatoms. The van der Waals surface area contributed by atoms with E-state index >= 15 is 0 Å². The fourth-order valence-corrected chi connectivity index (χ4v) is 2.82. The van der Waals surface area contributed by atoms with E-state index in [4.69, 9.17) is 0 Å². The molecule has 0 saturated carbocycles. The van der Waals surface area contributed by atoms with Crippen molar-refractivity contribution in [3.63, 3.8) is 0 Å². The minimum absolute atomic E-state index is 0.000282. The lowest BCUT2D eigenvalue weighted by atomic mass is 9.96. The van der Waals surface area contributed by atoms with Crippen LogP contribution in [0.5, 0.6) is 0 Å². The van der Waals surface area contributed by atoms with Gasteiger partial charge in [-0.1, -0.05) is 0 Å². The fraction of sp³-hybridized carbons (Fsp3) is 0.923. The number of carbonyl (C=O) groups excluding carboxylic acids is 1. The average molecular weight is 311 g/mol. The second-order valence-electron chi connectivity index (χ2n) is 5.69. The van der Waals surface area contributed by atoms with Gasteiger partial charge in [0.2, 0.25) is 5.91 Å².